The third kappa shape index (κ3) is 3.71. The molecule has 1 N–H and O–H groups in total. The number of fused-ring (bicyclic) bond motifs is 3. The maximum atomic E-state index is 13.5. The fourth-order valence-corrected chi connectivity index (χ4v) is 4.66. The Morgan fingerprint density at radius 2 is 1.73 bits per heavy atom. The Balaban J connectivity index is 1.76. The lowest BCUT2D eigenvalue weighted by molar-refractivity contribution is 0.178. The van der Waals surface area contributed by atoms with Crippen LogP contribution >= 0.6 is 0 Å². The summed E-state index contributed by atoms with van der Waals surface area (Å²) in [6.45, 7) is 6.58. The van der Waals surface area contributed by atoms with Crippen LogP contribution in [-0.4, -0.2) is 31.3 Å². The van der Waals surface area contributed by atoms with Crippen LogP contribution in [0.2, 0.25) is 0 Å². The summed E-state index contributed by atoms with van der Waals surface area (Å²) in [5, 5.41) is 8.11. The number of urea groups is 1. The van der Waals surface area contributed by atoms with Crippen LogP contribution in [0.4, 0.5) is 4.79 Å². The highest BCUT2D eigenvalue weighted by Crippen LogP contribution is 2.38. The summed E-state index contributed by atoms with van der Waals surface area (Å²) < 4.78 is 4.22. The zero-order valence-electron chi connectivity index (χ0n) is 19.3. The predicted octanol–water partition coefficient (Wildman–Crippen LogP) is 5.25. The van der Waals surface area contributed by atoms with E-state index in [2.05, 4.69) is 53.3 Å². The second-order valence-electron chi connectivity index (χ2n) is 8.70. The number of hydrogen-bond acceptors (Lipinski definition) is 2. The van der Waals surface area contributed by atoms with E-state index in [-0.39, 0.29) is 18.1 Å². The molecule has 4 aromatic rings. The van der Waals surface area contributed by atoms with Crippen molar-refractivity contribution in [2.24, 2.45) is 0 Å². The van der Waals surface area contributed by atoms with Gasteiger partial charge in [0.15, 0.2) is 0 Å². The van der Waals surface area contributed by atoms with Gasteiger partial charge in [-0.3, -0.25) is 0 Å². The SMILES string of the molecule is CCc1nn(-c2ccccc2)c2c1CN(C(=O)NC(C)C)[C@H](c1ccccc1)c1cccn1-2. The number of nitrogens with one attached hydrogen (secondary N) is 1. The number of para-hydroxylation sites is 1. The summed E-state index contributed by atoms with van der Waals surface area (Å²) >= 11 is 0. The first-order chi connectivity index (χ1) is 16.1. The van der Waals surface area contributed by atoms with Crippen LogP contribution in [0.1, 0.15) is 49.3 Å². The minimum absolute atomic E-state index is 0.0427. The average Bonchev–Trinajstić information content (AvgIpc) is 3.41. The molecular weight excluding hydrogens is 410 g/mol. The van der Waals surface area contributed by atoms with Crippen molar-refractivity contribution in [3.05, 3.63) is 102 Å². The Hall–Kier alpha value is -3.80. The van der Waals surface area contributed by atoms with Gasteiger partial charge in [-0.2, -0.15) is 5.10 Å². The number of aryl methyl sites for hydroxylation is 1. The van der Waals surface area contributed by atoms with Crippen molar-refractivity contribution in [1.82, 2.24) is 24.6 Å². The van der Waals surface area contributed by atoms with E-state index in [4.69, 9.17) is 5.10 Å². The highest BCUT2D eigenvalue weighted by Gasteiger charge is 2.36. The van der Waals surface area contributed by atoms with Crippen molar-refractivity contribution >= 4 is 6.03 Å². The zero-order valence-corrected chi connectivity index (χ0v) is 19.3. The lowest BCUT2D eigenvalue weighted by atomic mass is 10.0. The van der Waals surface area contributed by atoms with Crippen LogP contribution < -0.4 is 5.32 Å². The molecule has 0 saturated carbocycles. The van der Waals surface area contributed by atoms with E-state index < -0.39 is 0 Å². The van der Waals surface area contributed by atoms with Gasteiger partial charge in [-0.05, 0) is 50.1 Å². The fourth-order valence-electron chi connectivity index (χ4n) is 4.66. The van der Waals surface area contributed by atoms with Gasteiger partial charge >= 0.3 is 6.03 Å². The van der Waals surface area contributed by atoms with Gasteiger partial charge in [0.2, 0.25) is 0 Å². The van der Waals surface area contributed by atoms with Crippen LogP contribution in [0.15, 0.2) is 79.0 Å². The fraction of sp³-hybridized carbons (Fsp3) is 0.259. The quantitative estimate of drug-likeness (QED) is 0.472. The van der Waals surface area contributed by atoms with Crippen LogP contribution in [0.25, 0.3) is 11.5 Å². The molecule has 0 radical (unpaired) electrons. The number of amides is 2. The molecular formula is C27H29N5O. The lowest BCUT2D eigenvalue weighted by Crippen LogP contribution is -2.44. The lowest BCUT2D eigenvalue weighted by Gasteiger charge is -2.31. The third-order valence-electron chi connectivity index (χ3n) is 6.09. The van der Waals surface area contributed by atoms with Gasteiger partial charge in [-0.25, -0.2) is 9.48 Å². The molecule has 3 heterocycles. The molecule has 2 aromatic carbocycles. The number of rotatable bonds is 4. The highest BCUT2D eigenvalue weighted by atomic mass is 16.2. The normalized spacial score (nSPS) is 15.2. The van der Waals surface area contributed by atoms with Crippen LogP contribution in [0.5, 0.6) is 0 Å². The summed E-state index contributed by atoms with van der Waals surface area (Å²) in [5.41, 5.74) is 5.21. The van der Waals surface area contributed by atoms with E-state index >= 15 is 0 Å². The van der Waals surface area contributed by atoms with E-state index in [0.717, 1.165) is 40.4 Å². The first-order valence-corrected chi connectivity index (χ1v) is 11.5. The minimum atomic E-state index is -0.221. The number of hydrogen-bond donors (Lipinski definition) is 1. The second-order valence-corrected chi connectivity index (χ2v) is 8.70. The molecule has 0 spiro atoms. The first-order valence-electron chi connectivity index (χ1n) is 11.5. The van der Waals surface area contributed by atoms with Crippen molar-refractivity contribution in [2.75, 3.05) is 0 Å². The summed E-state index contributed by atoms with van der Waals surface area (Å²) in [4.78, 5) is 15.5. The van der Waals surface area contributed by atoms with Gasteiger partial charge in [0.1, 0.15) is 5.82 Å². The molecule has 168 valence electrons. The molecule has 5 rings (SSSR count). The topological polar surface area (TPSA) is 55.1 Å². The van der Waals surface area contributed by atoms with Gasteiger partial charge in [0.25, 0.3) is 0 Å². The Bertz CT molecular complexity index is 1260. The van der Waals surface area contributed by atoms with Crippen molar-refractivity contribution in [2.45, 2.75) is 45.8 Å². The van der Waals surface area contributed by atoms with Gasteiger partial charge in [0, 0.05) is 17.8 Å². The highest BCUT2D eigenvalue weighted by molar-refractivity contribution is 5.76. The van der Waals surface area contributed by atoms with Crippen molar-refractivity contribution in [3.63, 3.8) is 0 Å². The zero-order chi connectivity index (χ0) is 22.9. The summed E-state index contributed by atoms with van der Waals surface area (Å²) in [6, 6.07) is 24.4. The molecule has 2 aromatic heterocycles. The number of aromatic nitrogens is 3. The molecule has 0 bridgehead atoms. The van der Waals surface area contributed by atoms with E-state index in [9.17, 15) is 4.79 Å². The molecule has 6 heteroatoms. The standard InChI is InChI=1S/C27H29N5O/c1-4-23-22-18-31(27(33)28-19(2)3)25(20-12-7-5-8-13-20)24-16-11-17-30(24)26(22)32(29-23)21-14-9-6-10-15-21/h5-17,19,25H,4,18H2,1-3H3,(H,28,33)/t25-/m1/s1. The maximum Gasteiger partial charge on any atom is 0.318 e. The number of benzene rings is 2. The molecule has 0 saturated heterocycles. The van der Waals surface area contributed by atoms with Gasteiger partial charge < -0.3 is 14.8 Å². The molecule has 0 unspecified atom stereocenters. The molecule has 33 heavy (non-hydrogen) atoms. The smallest absolute Gasteiger partial charge is 0.318 e. The summed E-state index contributed by atoms with van der Waals surface area (Å²) in [6.07, 6.45) is 2.86. The van der Waals surface area contributed by atoms with Crippen molar-refractivity contribution in [1.29, 1.82) is 0 Å². The third-order valence-corrected chi connectivity index (χ3v) is 6.09. The number of nitrogens with zero attached hydrogens (tertiary/aromatic N) is 4. The second kappa shape index (κ2) is 8.62. The van der Waals surface area contributed by atoms with E-state index in [1.807, 2.05) is 65.9 Å². The molecule has 0 fully saturated rings. The maximum absolute atomic E-state index is 13.5. The van der Waals surface area contributed by atoms with E-state index in [1.165, 1.54) is 0 Å². The molecule has 1 atom stereocenters. The minimum Gasteiger partial charge on any atom is -0.336 e. The largest absolute Gasteiger partial charge is 0.336 e. The average molecular weight is 440 g/mol. The van der Waals surface area contributed by atoms with Gasteiger partial charge in [-0.15, -0.1) is 0 Å². The van der Waals surface area contributed by atoms with Crippen molar-refractivity contribution in [3.8, 4) is 11.5 Å². The first kappa shape index (κ1) is 21.1. The Morgan fingerprint density at radius 3 is 2.39 bits per heavy atom. The molecule has 1 aliphatic heterocycles. The summed E-state index contributed by atoms with van der Waals surface area (Å²) in [7, 11) is 0. The van der Waals surface area contributed by atoms with E-state index in [0.29, 0.717) is 6.54 Å². The predicted molar refractivity (Wildman–Crippen MR) is 130 cm³/mol. The molecule has 6 nitrogen and oxygen atoms in total. The monoisotopic (exact) mass is 439 g/mol. The van der Waals surface area contributed by atoms with Crippen molar-refractivity contribution < 1.29 is 4.79 Å². The van der Waals surface area contributed by atoms with Gasteiger partial charge in [-0.1, -0.05) is 55.5 Å². The number of carbonyl (C=O) groups excluding carboxylic acids is 1. The Kier molecular flexibility index (Phi) is 5.50. The number of carbonyl (C=O) groups is 1. The van der Waals surface area contributed by atoms with E-state index in [1.54, 1.807) is 0 Å². The molecule has 2 amide bonds. The van der Waals surface area contributed by atoms with Crippen LogP contribution in [0.3, 0.4) is 0 Å². The molecule has 1 aliphatic rings. The Labute approximate surface area is 194 Å². The van der Waals surface area contributed by atoms with Gasteiger partial charge in [0.05, 0.1) is 29.7 Å². The Morgan fingerprint density at radius 1 is 1.03 bits per heavy atom. The van der Waals surface area contributed by atoms with Crippen LogP contribution in [0, 0.1) is 0 Å². The summed E-state index contributed by atoms with van der Waals surface area (Å²) in [5.74, 6) is 0.999. The molecule has 0 aliphatic carbocycles. The van der Waals surface area contributed by atoms with Crippen LogP contribution in [-0.2, 0) is 13.0 Å².